The van der Waals surface area contributed by atoms with E-state index in [9.17, 15) is 9.59 Å². The van der Waals surface area contributed by atoms with E-state index in [2.05, 4.69) is 41.8 Å². The first-order valence-corrected chi connectivity index (χ1v) is 8.47. The molecular formula is C20H24N2O4. The number of benzene rings is 2. The van der Waals surface area contributed by atoms with E-state index in [1.54, 1.807) is 0 Å². The summed E-state index contributed by atoms with van der Waals surface area (Å²) in [5.41, 5.74) is 3.14. The third-order valence-electron chi connectivity index (χ3n) is 4.40. The molecule has 2 aromatic carbocycles. The van der Waals surface area contributed by atoms with Crippen molar-refractivity contribution in [2.75, 3.05) is 19.6 Å². The maximum Gasteiger partial charge on any atom is 0.335 e. The van der Waals surface area contributed by atoms with Crippen molar-refractivity contribution in [1.82, 2.24) is 10.6 Å². The number of nitrogens with one attached hydrogen (secondary N) is 2. The van der Waals surface area contributed by atoms with Crippen LogP contribution < -0.4 is 10.6 Å². The van der Waals surface area contributed by atoms with Gasteiger partial charge in [-0.1, -0.05) is 30.3 Å². The first kappa shape index (κ1) is 19.6. The second-order valence-electron chi connectivity index (χ2n) is 6.16. The Labute approximate surface area is 152 Å². The summed E-state index contributed by atoms with van der Waals surface area (Å²) >= 11 is 0. The fourth-order valence-electron chi connectivity index (χ4n) is 2.95. The molecule has 4 N–H and O–H groups in total. The van der Waals surface area contributed by atoms with Crippen molar-refractivity contribution >= 4 is 11.9 Å². The topological polar surface area (TPSA) is 98.7 Å². The Morgan fingerprint density at radius 1 is 0.923 bits per heavy atom. The van der Waals surface area contributed by atoms with Crippen LogP contribution >= 0.6 is 0 Å². The van der Waals surface area contributed by atoms with E-state index in [-0.39, 0.29) is 16.7 Å². The summed E-state index contributed by atoms with van der Waals surface area (Å²) in [5, 5.41) is 24.3. The number of carbonyl (C=O) groups is 2. The molecule has 0 radical (unpaired) electrons. The van der Waals surface area contributed by atoms with Crippen molar-refractivity contribution in [3.63, 3.8) is 0 Å². The highest BCUT2D eigenvalue weighted by Gasteiger charge is 2.15. The van der Waals surface area contributed by atoms with Gasteiger partial charge in [-0.15, -0.1) is 0 Å². The van der Waals surface area contributed by atoms with Crippen LogP contribution in [0.4, 0.5) is 0 Å². The zero-order valence-corrected chi connectivity index (χ0v) is 15.0. The zero-order chi connectivity index (χ0) is 19.1. The van der Waals surface area contributed by atoms with Crippen LogP contribution in [0.3, 0.4) is 0 Å². The summed E-state index contributed by atoms with van der Waals surface area (Å²) in [6, 6.07) is 13.3. The van der Waals surface area contributed by atoms with Gasteiger partial charge < -0.3 is 20.8 Å². The number of carboxylic acids is 2. The van der Waals surface area contributed by atoms with E-state index < -0.39 is 11.9 Å². The standard InChI is InChI=1S/C11H16N2.C9H8O4/c1-9-4-2-3-5-10(9)11-8-12-6-7-13-11;1-5-6(8(10)11)3-2-4-7(5)9(12)13/h2-5,11-13H,6-8H2,1H3;2-4H,1H3,(H,10,11)(H,12,13). The van der Waals surface area contributed by atoms with Crippen molar-refractivity contribution in [3.05, 3.63) is 70.3 Å². The molecule has 1 atom stereocenters. The molecule has 1 fully saturated rings. The molecule has 1 unspecified atom stereocenters. The molecule has 0 saturated carbocycles. The van der Waals surface area contributed by atoms with E-state index in [0.717, 1.165) is 19.6 Å². The fraction of sp³-hybridized carbons (Fsp3) is 0.300. The summed E-state index contributed by atoms with van der Waals surface area (Å²) in [6.45, 7) is 6.85. The van der Waals surface area contributed by atoms with Crippen LogP contribution in [0.5, 0.6) is 0 Å². The van der Waals surface area contributed by atoms with Gasteiger partial charge in [-0.05, 0) is 42.7 Å². The minimum absolute atomic E-state index is 0.0277. The van der Waals surface area contributed by atoms with Gasteiger partial charge in [-0.2, -0.15) is 0 Å². The average Bonchev–Trinajstić information content (AvgIpc) is 2.63. The number of piperazine rings is 1. The van der Waals surface area contributed by atoms with E-state index in [0.29, 0.717) is 6.04 Å². The Bertz CT molecular complexity index is 751. The summed E-state index contributed by atoms with van der Waals surface area (Å²) in [6.07, 6.45) is 0. The summed E-state index contributed by atoms with van der Waals surface area (Å²) in [7, 11) is 0. The molecule has 6 nitrogen and oxygen atoms in total. The summed E-state index contributed by atoms with van der Waals surface area (Å²) in [4.78, 5) is 21.2. The van der Waals surface area contributed by atoms with Crippen LogP contribution in [0.1, 0.15) is 43.4 Å². The first-order valence-electron chi connectivity index (χ1n) is 8.47. The molecule has 0 spiro atoms. The minimum Gasteiger partial charge on any atom is -0.478 e. The number of carboxylic acid groups (broad SMARTS) is 2. The number of rotatable bonds is 3. The molecule has 1 saturated heterocycles. The summed E-state index contributed by atoms with van der Waals surface area (Å²) < 4.78 is 0. The van der Waals surface area contributed by atoms with E-state index in [1.165, 1.54) is 36.2 Å². The second-order valence-corrected chi connectivity index (χ2v) is 6.16. The highest BCUT2D eigenvalue weighted by atomic mass is 16.4. The molecule has 26 heavy (non-hydrogen) atoms. The van der Waals surface area contributed by atoms with Crippen molar-refractivity contribution in [2.45, 2.75) is 19.9 Å². The second kappa shape index (κ2) is 9.12. The number of hydrogen-bond donors (Lipinski definition) is 4. The van der Waals surface area contributed by atoms with Crippen molar-refractivity contribution in [3.8, 4) is 0 Å². The predicted molar refractivity (Wildman–Crippen MR) is 99.9 cm³/mol. The number of hydrogen-bond acceptors (Lipinski definition) is 4. The van der Waals surface area contributed by atoms with Crippen molar-refractivity contribution < 1.29 is 19.8 Å². The Hall–Kier alpha value is -2.70. The molecule has 6 heteroatoms. The maximum absolute atomic E-state index is 10.6. The molecular weight excluding hydrogens is 332 g/mol. The normalized spacial score (nSPS) is 16.3. The molecule has 0 aromatic heterocycles. The quantitative estimate of drug-likeness (QED) is 0.675. The van der Waals surface area contributed by atoms with Crippen LogP contribution in [0, 0.1) is 13.8 Å². The van der Waals surface area contributed by atoms with E-state index in [4.69, 9.17) is 10.2 Å². The SMILES string of the molecule is Cc1c(C(=O)O)cccc1C(=O)O.Cc1ccccc1C1CNCCN1. The van der Waals surface area contributed by atoms with Gasteiger partial charge in [0.15, 0.2) is 0 Å². The van der Waals surface area contributed by atoms with Gasteiger partial charge in [0, 0.05) is 25.7 Å². The van der Waals surface area contributed by atoms with Gasteiger partial charge in [0.05, 0.1) is 11.1 Å². The van der Waals surface area contributed by atoms with Crippen LogP contribution in [0.15, 0.2) is 42.5 Å². The molecule has 138 valence electrons. The predicted octanol–water partition coefficient (Wildman–Crippen LogP) is 2.62. The fourth-order valence-corrected chi connectivity index (χ4v) is 2.95. The van der Waals surface area contributed by atoms with E-state index >= 15 is 0 Å². The van der Waals surface area contributed by atoms with Crippen LogP contribution in [-0.4, -0.2) is 41.8 Å². The van der Waals surface area contributed by atoms with Gasteiger partial charge in [-0.25, -0.2) is 9.59 Å². The Morgan fingerprint density at radius 3 is 2.04 bits per heavy atom. The third-order valence-corrected chi connectivity index (χ3v) is 4.40. The Kier molecular flexibility index (Phi) is 6.89. The average molecular weight is 356 g/mol. The molecule has 0 bridgehead atoms. The first-order chi connectivity index (χ1) is 12.4. The molecule has 1 aliphatic rings. The van der Waals surface area contributed by atoms with Crippen LogP contribution in [0.25, 0.3) is 0 Å². The van der Waals surface area contributed by atoms with Gasteiger partial charge in [0.2, 0.25) is 0 Å². The lowest BCUT2D eigenvalue weighted by molar-refractivity contribution is 0.0696. The minimum atomic E-state index is -1.11. The number of aromatic carboxylic acids is 2. The largest absolute Gasteiger partial charge is 0.478 e. The third kappa shape index (κ3) is 4.91. The molecule has 0 amide bonds. The molecule has 1 heterocycles. The van der Waals surface area contributed by atoms with E-state index in [1.807, 2.05) is 0 Å². The lowest BCUT2D eigenvalue weighted by atomic mass is 10.0. The maximum atomic E-state index is 10.6. The monoisotopic (exact) mass is 356 g/mol. The van der Waals surface area contributed by atoms with Crippen molar-refractivity contribution in [1.29, 1.82) is 0 Å². The molecule has 0 aliphatic carbocycles. The van der Waals surface area contributed by atoms with Gasteiger partial charge in [0.1, 0.15) is 0 Å². The van der Waals surface area contributed by atoms with Gasteiger partial charge in [-0.3, -0.25) is 0 Å². The van der Waals surface area contributed by atoms with Crippen LogP contribution in [0.2, 0.25) is 0 Å². The highest BCUT2D eigenvalue weighted by Crippen LogP contribution is 2.17. The zero-order valence-electron chi connectivity index (χ0n) is 15.0. The smallest absolute Gasteiger partial charge is 0.335 e. The lowest BCUT2D eigenvalue weighted by Gasteiger charge is -2.26. The summed E-state index contributed by atoms with van der Waals surface area (Å²) in [5.74, 6) is -2.22. The van der Waals surface area contributed by atoms with Crippen LogP contribution in [-0.2, 0) is 0 Å². The van der Waals surface area contributed by atoms with Crippen molar-refractivity contribution in [2.24, 2.45) is 0 Å². The molecule has 3 rings (SSSR count). The Morgan fingerprint density at radius 2 is 1.54 bits per heavy atom. The molecule has 1 aliphatic heterocycles. The Balaban J connectivity index is 0.000000187. The highest BCUT2D eigenvalue weighted by molar-refractivity contribution is 5.96. The van der Waals surface area contributed by atoms with Gasteiger partial charge in [0.25, 0.3) is 0 Å². The van der Waals surface area contributed by atoms with Gasteiger partial charge >= 0.3 is 11.9 Å². The molecule has 2 aromatic rings. The lowest BCUT2D eigenvalue weighted by Crippen LogP contribution is -2.42. The number of aryl methyl sites for hydroxylation is 1.